The molecule has 2 aromatic rings. The first-order valence-electron chi connectivity index (χ1n) is 7.70. The topological polar surface area (TPSA) is 115 Å². The second-order valence-corrected chi connectivity index (χ2v) is 5.73. The minimum atomic E-state index is -0.591. The molecule has 2 aromatic heterocycles. The second-order valence-electron chi connectivity index (χ2n) is 5.73. The molecule has 0 atom stereocenters. The van der Waals surface area contributed by atoms with Gasteiger partial charge in [-0.25, -0.2) is 0 Å². The number of amides is 2. The molecule has 3 heterocycles. The normalized spacial score (nSPS) is 14.6. The molecule has 1 saturated heterocycles. The summed E-state index contributed by atoms with van der Waals surface area (Å²) in [5.74, 6) is -0.493. The fourth-order valence-electron chi connectivity index (χ4n) is 2.78. The average Bonchev–Trinajstić information content (AvgIpc) is 3.23. The maximum atomic E-state index is 12.6. The number of hydrogen-bond donors (Lipinski definition) is 0. The van der Waals surface area contributed by atoms with Crippen LogP contribution >= 0.6 is 0 Å². The number of aryl methyl sites for hydroxylation is 1. The van der Waals surface area contributed by atoms with E-state index in [0.29, 0.717) is 18.8 Å². The molecule has 0 aromatic carbocycles. The number of aromatic nitrogens is 2. The highest BCUT2D eigenvalue weighted by atomic mass is 16.6. The van der Waals surface area contributed by atoms with Crippen molar-refractivity contribution < 1.29 is 18.9 Å². The lowest BCUT2D eigenvalue weighted by atomic mass is 10.2. The third kappa shape index (κ3) is 2.97. The summed E-state index contributed by atoms with van der Waals surface area (Å²) in [6, 6.07) is 3.22. The zero-order valence-electron chi connectivity index (χ0n) is 13.8. The maximum absolute atomic E-state index is 12.6. The van der Waals surface area contributed by atoms with Crippen molar-refractivity contribution in [1.82, 2.24) is 19.6 Å². The van der Waals surface area contributed by atoms with Crippen LogP contribution in [0.3, 0.4) is 0 Å². The van der Waals surface area contributed by atoms with Crippen LogP contribution in [0, 0.1) is 17.0 Å². The standard InChI is InChI=1S/C15H17N5O5/c1-10-13(20(23)24)12(16-17(10)2)15(22)19-7-5-18(6-8-19)14(21)11-4-3-9-25-11/h3-4,9H,5-8H2,1-2H3. The molecule has 0 spiro atoms. The molecule has 10 nitrogen and oxygen atoms in total. The summed E-state index contributed by atoms with van der Waals surface area (Å²) in [4.78, 5) is 38.5. The monoisotopic (exact) mass is 347 g/mol. The van der Waals surface area contributed by atoms with E-state index in [4.69, 9.17) is 4.42 Å². The van der Waals surface area contributed by atoms with Crippen molar-refractivity contribution in [2.75, 3.05) is 26.2 Å². The van der Waals surface area contributed by atoms with Crippen LogP contribution in [-0.2, 0) is 7.05 Å². The van der Waals surface area contributed by atoms with Crippen LogP contribution in [-0.4, -0.2) is 62.5 Å². The average molecular weight is 347 g/mol. The highest BCUT2D eigenvalue weighted by Crippen LogP contribution is 2.24. The number of carbonyl (C=O) groups excluding carboxylic acids is 2. The smallest absolute Gasteiger partial charge is 0.322 e. The van der Waals surface area contributed by atoms with E-state index in [1.54, 1.807) is 31.0 Å². The summed E-state index contributed by atoms with van der Waals surface area (Å²) in [7, 11) is 1.55. The first-order chi connectivity index (χ1) is 11.9. The number of rotatable bonds is 3. The minimum absolute atomic E-state index is 0.171. The van der Waals surface area contributed by atoms with Crippen LogP contribution in [0.1, 0.15) is 26.7 Å². The van der Waals surface area contributed by atoms with Crippen molar-refractivity contribution in [2.24, 2.45) is 7.05 Å². The Balaban J connectivity index is 1.71. The Kier molecular flexibility index (Phi) is 4.26. The van der Waals surface area contributed by atoms with E-state index < -0.39 is 10.8 Å². The van der Waals surface area contributed by atoms with E-state index in [1.165, 1.54) is 15.8 Å². The minimum Gasteiger partial charge on any atom is -0.459 e. The van der Waals surface area contributed by atoms with Gasteiger partial charge in [-0.15, -0.1) is 0 Å². The Bertz CT molecular complexity index is 818. The van der Waals surface area contributed by atoms with Gasteiger partial charge in [0.2, 0.25) is 5.69 Å². The van der Waals surface area contributed by atoms with Crippen LogP contribution in [0.2, 0.25) is 0 Å². The van der Waals surface area contributed by atoms with E-state index >= 15 is 0 Å². The highest BCUT2D eigenvalue weighted by Gasteiger charge is 2.34. The van der Waals surface area contributed by atoms with E-state index in [0.717, 1.165) is 0 Å². The van der Waals surface area contributed by atoms with Crippen molar-refractivity contribution in [3.63, 3.8) is 0 Å². The Morgan fingerprint density at radius 3 is 2.32 bits per heavy atom. The lowest BCUT2D eigenvalue weighted by Crippen LogP contribution is -2.50. The van der Waals surface area contributed by atoms with Gasteiger partial charge in [0.25, 0.3) is 11.8 Å². The van der Waals surface area contributed by atoms with Crippen molar-refractivity contribution >= 4 is 17.5 Å². The quantitative estimate of drug-likeness (QED) is 0.600. The molecule has 3 rings (SSSR count). The number of nitrogens with zero attached hydrogens (tertiary/aromatic N) is 5. The number of piperazine rings is 1. The molecule has 132 valence electrons. The van der Waals surface area contributed by atoms with Gasteiger partial charge in [-0.2, -0.15) is 5.10 Å². The predicted molar refractivity (Wildman–Crippen MR) is 85.1 cm³/mol. The molecule has 0 N–H and O–H groups in total. The fourth-order valence-corrected chi connectivity index (χ4v) is 2.78. The molecule has 1 aliphatic heterocycles. The van der Waals surface area contributed by atoms with Gasteiger partial charge < -0.3 is 14.2 Å². The molecule has 0 bridgehead atoms. The van der Waals surface area contributed by atoms with E-state index in [9.17, 15) is 19.7 Å². The van der Waals surface area contributed by atoms with Crippen LogP contribution in [0.4, 0.5) is 5.69 Å². The second kappa shape index (κ2) is 6.38. The van der Waals surface area contributed by atoms with Crippen molar-refractivity contribution in [1.29, 1.82) is 0 Å². The van der Waals surface area contributed by atoms with Gasteiger partial charge in [-0.3, -0.25) is 24.4 Å². The fraction of sp³-hybridized carbons (Fsp3) is 0.400. The molecule has 0 saturated carbocycles. The van der Waals surface area contributed by atoms with Gasteiger partial charge in [0, 0.05) is 33.2 Å². The summed E-state index contributed by atoms with van der Waals surface area (Å²) >= 11 is 0. The Hall–Kier alpha value is -3.17. The molecule has 25 heavy (non-hydrogen) atoms. The van der Waals surface area contributed by atoms with Crippen LogP contribution in [0.5, 0.6) is 0 Å². The van der Waals surface area contributed by atoms with Crippen LogP contribution in [0.15, 0.2) is 22.8 Å². The third-order valence-electron chi connectivity index (χ3n) is 4.27. The summed E-state index contributed by atoms with van der Waals surface area (Å²) < 4.78 is 6.41. The number of nitro groups is 1. The van der Waals surface area contributed by atoms with Crippen LogP contribution in [0.25, 0.3) is 0 Å². The van der Waals surface area contributed by atoms with Gasteiger partial charge in [0.15, 0.2) is 5.76 Å². The lowest BCUT2D eigenvalue weighted by molar-refractivity contribution is -0.385. The first-order valence-corrected chi connectivity index (χ1v) is 7.70. The first kappa shape index (κ1) is 16.7. The summed E-state index contributed by atoms with van der Waals surface area (Å²) in [6.07, 6.45) is 1.43. The lowest BCUT2D eigenvalue weighted by Gasteiger charge is -2.33. The third-order valence-corrected chi connectivity index (χ3v) is 4.27. The van der Waals surface area contributed by atoms with E-state index in [-0.39, 0.29) is 36.1 Å². The van der Waals surface area contributed by atoms with E-state index in [2.05, 4.69) is 5.10 Å². The molecular formula is C15H17N5O5. The van der Waals surface area contributed by atoms with Gasteiger partial charge in [-0.05, 0) is 19.1 Å². The molecule has 0 aliphatic carbocycles. The number of furan rings is 1. The van der Waals surface area contributed by atoms with Crippen LogP contribution < -0.4 is 0 Å². The summed E-state index contributed by atoms with van der Waals surface area (Å²) in [6.45, 7) is 2.74. The van der Waals surface area contributed by atoms with Crippen molar-refractivity contribution in [3.8, 4) is 0 Å². The molecular weight excluding hydrogens is 330 g/mol. The zero-order valence-corrected chi connectivity index (χ0v) is 13.8. The molecule has 1 fully saturated rings. The highest BCUT2D eigenvalue weighted by molar-refractivity contribution is 5.97. The van der Waals surface area contributed by atoms with Crippen molar-refractivity contribution in [3.05, 3.63) is 45.7 Å². The SMILES string of the molecule is Cc1c([N+](=O)[O-])c(C(=O)N2CCN(C(=O)c3ccco3)CC2)nn1C. The largest absolute Gasteiger partial charge is 0.459 e. The Morgan fingerprint density at radius 1 is 1.20 bits per heavy atom. The van der Waals surface area contributed by atoms with E-state index in [1.807, 2.05) is 0 Å². The number of carbonyl (C=O) groups is 2. The summed E-state index contributed by atoms with van der Waals surface area (Å²) in [5, 5.41) is 15.2. The zero-order chi connectivity index (χ0) is 18.1. The predicted octanol–water partition coefficient (Wildman–Crippen LogP) is 0.828. The van der Waals surface area contributed by atoms with Gasteiger partial charge in [-0.1, -0.05) is 0 Å². The number of hydrogen-bond acceptors (Lipinski definition) is 6. The van der Waals surface area contributed by atoms with Gasteiger partial charge in [0.1, 0.15) is 5.69 Å². The van der Waals surface area contributed by atoms with Gasteiger partial charge in [0.05, 0.1) is 11.2 Å². The van der Waals surface area contributed by atoms with Crippen molar-refractivity contribution in [2.45, 2.75) is 6.92 Å². The van der Waals surface area contributed by atoms with Gasteiger partial charge >= 0.3 is 5.69 Å². The Morgan fingerprint density at radius 2 is 1.80 bits per heavy atom. The Labute approximate surface area is 142 Å². The maximum Gasteiger partial charge on any atom is 0.322 e. The molecule has 0 radical (unpaired) electrons. The molecule has 0 unspecified atom stereocenters. The molecule has 1 aliphatic rings. The summed E-state index contributed by atoms with van der Waals surface area (Å²) in [5.41, 5.74) is -0.127. The molecule has 2 amide bonds. The molecule has 10 heteroatoms.